The van der Waals surface area contributed by atoms with E-state index in [4.69, 9.17) is 21.1 Å². The van der Waals surface area contributed by atoms with Crippen molar-refractivity contribution in [2.24, 2.45) is 0 Å². The number of rotatable bonds is 3. The van der Waals surface area contributed by atoms with Crippen LogP contribution >= 0.6 is 11.6 Å². The van der Waals surface area contributed by atoms with Crippen LogP contribution in [0.15, 0.2) is 0 Å². The maximum Gasteiger partial charge on any atom is 0.155 e. The van der Waals surface area contributed by atoms with E-state index in [0.717, 1.165) is 30.0 Å². The van der Waals surface area contributed by atoms with Gasteiger partial charge in [-0.25, -0.2) is 0 Å². The van der Waals surface area contributed by atoms with Crippen LogP contribution in [0.4, 0.5) is 5.82 Å². The second-order valence-electron chi connectivity index (χ2n) is 4.52. The second kappa shape index (κ2) is 5.38. The number of hydrogen-bond acceptors (Lipinski definition) is 5. The van der Waals surface area contributed by atoms with Gasteiger partial charge in [-0.05, 0) is 25.0 Å². The Labute approximate surface area is 112 Å². The molecule has 100 valence electrons. The highest BCUT2D eigenvalue weighted by Gasteiger charge is 2.34. The normalized spacial score (nSPS) is 23.7. The zero-order valence-corrected chi connectivity index (χ0v) is 11.9. The highest BCUT2D eigenvalue weighted by molar-refractivity contribution is 6.30. The van der Waals surface area contributed by atoms with Crippen molar-refractivity contribution < 1.29 is 9.47 Å². The van der Waals surface area contributed by atoms with Crippen molar-refractivity contribution in [3.05, 3.63) is 16.3 Å². The quantitative estimate of drug-likeness (QED) is 0.836. The minimum absolute atomic E-state index is 0.0622. The van der Waals surface area contributed by atoms with E-state index in [2.05, 4.69) is 15.1 Å². The van der Waals surface area contributed by atoms with Crippen LogP contribution in [0.3, 0.4) is 0 Å². The molecule has 1 aliphatic heterocycles. The fourth-order valence-corrected chi connectivity index (χ4v) is 2.41. The minimum atomic E-state index is 0.0622. The molecule has 1 aromatic heterocycles. The largest absolute Gasteiger partial charge is 0.377 e. The van der Waals surface area contributed by atoms with Crippen molar-refractivity contribution >= 4 is 17.4 Å². The SMILES string of the molecule is COC1CN(c2nnc(Cl)c(C)c2C)CC1OC. The summed E-state index contributed by atoms with van der Waals surface area (Å²) in [7, 11) is 3.40. The van der Waals surface area contributed by atoms with Gasteiger partial charge in [-0.3, -0.25) is 0 Å². The summed E-state index contributed by atoms with van der Waals surface area (Å²) >= 11 is 5.96. The highest BCUT2D eigenvalue weighted by Crippen LogP contribution is 2.27. The molecule has 1 aliphatic rings. The lowest BCUT2D eigenvalue weighted by Gasteiger charge is -2.19. The molecule has 0 bridgehead atoms. The molecule has 2 heterocycles. The van der Waals surface area contributed by atoms with Gasteiger partial charge in [-0.2, -0.15) is 0 Å². The molecule has 1 fully saturated rings. The summed E-state index contributed by atoms with van der Waals surface area (Å²) in [5.41, 5.74) is 2.03. The summed E-state index contributed by atoms with van der Waals surface area (Å²) in [6.45, 7) is 5.47. The molecule has 0 aromatic carbocycles. The van der Waals surface area contributed by atoms with E-state index in [-0.39, 0.29) is 12.2 Å². The van der Waals surface area contributed by atoms with Gasteiger partial charge in [0, 0.05) is 27.3 Å². The van der Waals surface area contributed by atoms with Gasteiger partial charge in [-0.15, -0.1) is 10.2 Å². The summed E-state index contributed by atoms with van der Waals surface area (Å²) in [5.74, 6) is 0.860. The van der Waals surface area contributed by atoms with E-state index in [9.17, 15) is 0 Å². The smallest absolute Gasteiger partial charge is 0.155 e. The maximum absolute atomic E-state index is 5.96. The first-order valence-corrected chi connectivity index (χ1v) is 6.26. The van der Waals surface area contributed by atoms with Crippen molar-refractivity contribution in [2.45, 2.75) is 26.1 Å². The molecule has 2 atom stereocenters. The van der Waals surface area contributed by atoms with Gasteiger partial charge >= 0.3 is 0 Å². The van der Waals surface area contributed by atoms with Gasteiger partial charge in [0.15, 0.2) is 11.0 Å². The Bertz CT molecular complexity index is 430. The van der Waals surface area contributed by atoms with E-state index in [0.29, 0.717) is 5.15 Å². The number of hydrogen-bond donors (Lipinski definition) is 0. The van der Waals surface area contributed by atoms with Crippen molar-refractivity contribution in [3.8, 4) is 0 Å². The van der Waals surface area contributed by atoms with E-state index in [1.165, 1.54) is 0 Å². The molecular formula is C12H18ClN3O2. The predicted octanol–water partition coefficient (Wildman–Crippen LogP) is 1.60. The number of aromatic nitrogens is 2. The maximum atomic E-state index is 5.96. The summed E-state index contributed by atoms with van der Waals surface area (Å²) in [5, 5.41) is 8.63. The molecule has 5 nitrogen and oxygen atoms in total. The van der Waals surface area contributed by atoms with Gasteiger partial charge in [0.25, 0.3) is 0 Å². The number of ether oxygens (including phenoxy) is 2. The molecule has 0 radical (unpaired) electrons. The standard InChI is InChI=1S/C12H18ClN3O2/c1-7-8(2)12(15-14-11(7)13)16-5-9(17-3)10(6-16)18-4/h9-10H,5-6H2,1-4H3. The fourth-order valence-electron chi connectivity index (χ4n) is 2.23. The van der Waals surface area contributed by atoms with Crippen LogP contribution < -0.4 is 4.90 Å². The summed E-state index contributed by atoms with van der Waals surface area (Å²) in [6, 6.07) is 0. The van der Waals surface area contributed by atoms with Crippen LogP contribution in [0.5, 0.6) is 0 Å². The Hall–Kier alpha value is -0.910. The van der Waals surface area contributed by atoms with E-state index in [1.807, 2.05) is 13.8 Å². The van der Waals surface area contributed by atoms with Gasteiger partial charge in [0.1, 0.15) is 12.2 Å². The zero-order valence-electron chi connectivity index (χ0n) is 11.1. The Morgan fingerprint density at radius 3 is 2.11 bits per heavy atom. The molecule has 0 spiro atoms. The van der Waals surface area contributed by atoms with Gasteiger partial charge in [0.05, 0.1) is 0 Å². The molecule has 1 saturated heterocycles. The molecule has 2 unspecified atom stereocenters. The van der Waals surface area contributed by atoms with E-state index in [1.54, 1.807) is 14.2 Å². The van der Waals surface area contributed by atoms with Gasteiger partial charge in [0.2, 0.25) is 0 Å². The molecule has 6 heteroatoms. The molecule has 1 aromatic rings. The molecule has 18 heavy (non-hydrogen) atoms. The first-order valence-electron chi connectivity index (χ1n) is 5.88. The Balaban J connectivity index is 2.26. The summed E-state index contributed by atoms with van der Waals surface area (Å²) in [4.78, 5) is 2.13. The van der Waals surface area contributed by atoms with Crippen LogP contribution in [0, 0.1) is 13.8 Å². The third kappa shape index (κ3) is 2.30. The zero-order chi connectivity index (χ0) is 13.3. The van der Waals surface area contributed by atoms with Crippen LogP contribution in [-0.4, -0.2) is 49.7 Å². The van der Waals surface area contributed by atoms with Crippen molar-refractivity contribution in [1.82, 2.24) is 10.2 Å². The number of halogens is 1. The van der Waals surface area contributed by atoms with E-state index < -0.39 is 0 Å². The van der Waals surface area contributed by atoms with Crippen molar-refractivity contribution in [2.75, 3.05) is 32.2 Å². The molecule has 0 N–H and O–H groups in total. The summed E-state index contributed by atoms with van der Waals surface area (Å²) < 4.78 is 10.8. The molecule has 0 aliphatic carbocycles. The van der Waals surface area contributed by atoms with Crippen LogP contribution in [0.1, 0.15) is 11.1 Å². The van der Waals surface area contributed by atoms with Crippen LogP contribution in [-0.2, 0) is 9.47 Å². The highest BCUT2D eigenvalue weighted by atomic mass is 35.5. The molecular weight excluding hydrogens is 254 g/mol. The first kappa shape index (κ1) is 13.5. The third-order valence-electron chi connectivity index (χ3n) is 3.56. The topological polar surface area (TPSA) is 47.5 Å². The first-order chi connectivity index (χ1) is 8.58. The average molecular weight is 272 g/mol. The molecule has 0 amide bonds. The number of nitrogens with zero attached hydrogens (tertiary/aromatic N) is 3. The van der Waals surface area contributed by atoms with Crippen molar-refractivity contribution in [3.63, 3.8) is 0 Å². The average Bonchev–Trinajstić information content (AvgIpc) is 2.79. The lowest BCUT2D eigenvalue weighted by molar-refractivity contribution is -0.00461. The van der Waals surface area contributed by atoms with Gasteiger partial charge < -0.3 is 14.4 Å². The van der Waals surface area contributed by atoms with E-state index >= 15 is 0 Å². The Morgan fingerprint density at radius 1 is 1.06 bits per heavy atom. The fraction of sp³-hybridized carbons (Fsp3) is 0.667. The second-order valence-corrected chi connectivity index (χ2v) is 4.88. The summed E-state index contributed by atoms with van der Waals surface area (Å²) in [6.07, 6.45) is 0.124. The lowest BCUT2D eigenvalue weighted by atomic mass is 10.2. The lowest BCUT2D eigenvalue weighted by Crippen LogP contribution is -2.27. The number of anilines is 1. The number of methoxy groups -OCH3 is 2. The third-order valence-corrected chi connectivity index (χ3v) is 3.92. The van der Waals surface area contributed by atoms with Crippen LogP contribution in [0.25, 0.3) is 0 Å². The Kier molecular flexibility index (Phi) is 4.04. The minimum Gasteiger partial charge on any atom is -0.377 e. The Morgan fingerprint density at radius 2 is 1.61 bits per heavy atom. The monoisotopic (exact) mass is 271 g/mol. The predicted molar refractivity (Wildman–Crippen MR) is 70.3 cm³/mol. The van der Waals surface area contributed by atoms with Crippen molar-refractivity contribution in [1.29, 1.82) is 0 Å². The van der Waals surface area contributed by atoms with Crippen LogP contribution in [0.2, 0.25) is 5.15 Å². The van der Waals surface area contributed by atoms with Gasteiger partial charge in [-0.1, -0.05) is 11.6 Å². The molecule has 0 saturated carbocycles. The molecule has 2 rings (SSSR count).